The first-order chi connectivity index (χ1) is 5.31. The highest BCUT2D eigenvalue weighted by Crippen LogP contribution is 2.65. The van der Waals surface area contributed by atoms with Crippen molar-refractivity contribution in [3.8, 4) is 0 Å². The number of allylic oxidation sites excluding steroid dienone is 1. The van der Waals surface area contributed by atoms with Gasteiger partial charge in [0.25, 0.3) is 0 Å². The maximum absolute atomic E-state index is 6.30. The first-order valence-electron chi connectivity index (χ1n) is 4.82. The van der Waals surface area contributed by atoms with E-state index in [1.165, 1.54) is 12.8 Å². The zero-order valence-corrected chi connectivity index (χ0v) is 8.57. The van der Waals surface area contributed by atoms with E-state index < -0.39 is 0 Å². The fraction of sp³-hybridized carbons (Fsp3) is 0.818. The second kappa shape index (κ2) is 1.79. The van der Waals surface area contributed by atoms with Crippen molar-refractivity contribution in [2.45, 2.75) is 46.1 Å². The van der Waals surface area contributed by atoms with E-state index in [0.29, 0.717) is 5.41 Å². The van der Waals surface area contributed by atoms with Gasteiger partial charge in [-0.2, -0.15) is 0 Å². The van der Waals surface area contributed by atoms with Gasteiger partial charge in [0.1, 0.15) is 0 Å². The molecule has 2 aliphatic carbocycles. The summed E-state index contributed by atoms with van der Waals surface area (Å²) in [4.78, 5) is 0. The molecule has 0 heterocycles. The molecule has 0 amide bonds. The van der Waals surface area contributed by atoms with E-state index in [1.54, 1.807) is 5.57 Å². The summed E-state index contributed by atoms with van der Waals surface area (Å²) < 4.78 is 0. The second-order valence-corrected chi connectivity index (χ2v) is 5.41. The average molecular weight is 165 g/mol. The van der Waals surface area contributed by atoms with Crippen molar-refractivity contribution < 1.29 is 0 Å². The summed E-state index contributed by atoms with van der Waals surface area (Å²) in [6.45, 7) is 9.18. The van der Waals surface area contributed by atoms with Crippen LogP contribution < -0.4 is 5.73 Å². The van der Waals surface area contributed by atoms with Gasteiger partial charge in [0, 0.05) is 5.54 Å². The van der Waals surface area contributed by atoms with E-state index in [9.17, 15) is 0 Å². The van der Waals surface area contributed by atoms with Crippen molar-refractivity contribution in [1.82, 2.24) is 0 Å². The van der Waals surface area contributed by atoms with E-state index >= 15 is 0 Å². The van der Waals surface area contributed by atoms with Crippen LogP contribution in [0.5, 0.6) is 0 Å². The monoisotopic (exact) mass is 165 g/mol. The molecule has 1 saturated carbocycles. The predicted octanol–water partition coefficient (Wildman–Crippen LogP) is 2.47. The number of nitrogens with two attached hydrogens (primary N) is 1. The van der Waals surface area contributed by atoms with Gasteiger partial charge in [0.15, 0.2) is 0 Å². The van der Waals surface area contributed by atoms with Gasteiger partial charge >= 0.3 is 0 Å². The van der Waals surface area contributed by atoms with Gasteiger partial charge < -0.3 is 5.73 Å². The molecule has 0 radical (unpaired) electrons. The second-order valence-electron chi connectivity index (χ2n) is 5.41. The molecule has 2 rings (SSSR count). The molecule has 0 saturated heterocycles. The Morgan fingerprint density at radius 2 is 1.83 bits per heavy atom. The first-order valence-corrected chi connectivity index (χ1v) is 4.82. The Morgan fingerprint density at radius 3 is 2.00 bits per heavy atom. The van der Waals surface area contributed by atoms with Gasteiger partial charge in [-0.15, -0.1) is 0 Å². The summed E-state index contributed by atoms with van der Waals surface area (Å²) in [5.74, 6) is 0. The van der Waals surface area contributed by atoms with Crippen molar-refractivity contribution in [3.05, 3.63) is 11.6 Å². The minimum atomic E-state index is -0.0793. The Balaban J connectivity index is 2.58. The molecule has 2 atom stereocenters. The highest BCUT2D eigenvalue weighted by molar-refractivity contribution is 5.39. The number of hydrogen-bond acceptors (Lipinski definition) is 1. The molecule has 2 unspecified atom stereocenters. The Hall–Kier alpha value is -0.300. The Labute approximate surface area is 75.0 Å². The molecule has 1 heteroatoms. The van der Waals surface area contributed by atoms with Gasteiger partial charge in [0.2, 0.25) is 0 Å². The molecule has 68 valence electrons. The van der Waals surface area contributed by atoms with Crippen LogP contribution in [0.3, 0.4) is 0 Å². The largest absolute Gasteiger partial charge is 0.322 e. The summed E-state index contributed by atoms with van der Waals surface area (Å²) in [6, 6.07) is 0. The van der Waals surface area contributed by atoms with Gasteiger partial charge in [0.05, 0.1) is 0 Å². The molecular formula is C11H19N. The van der Waals surface area contributed by atoms with Gasteiger partial charge in [-0.05, 0) is 30.6 Å². The molecule has 1 nitrogen and oxygen atoms in total. The van der Waals surface area contributed by atoms with Crippen molar-refractivity contribution in [2.75, 3.05) is 0 Å². The van der Waals surface area contributed by atoms with Gasteiger partial charge in [-0.1, -0.05) is 32.4 Å². The minimum Gasteiger partial charge on any atom is -0.322 e. The lowest BCUT2D eigenvalue weighted by Gasteiger charge is -2.44. The molecule has 0 aromatic carbocycles. The van der Waals surface area contributed by atoms with Crippen molar-refractivity contribution in [3.63, 3.8) is 0 Å². The fourth-order valence-corrected chi connectivity index (χ4v) is 3.08. The van der Waals surface area contributed by atoms with E-state index in [-0.39, 0.29) is 11.0 Å². The number of fused-ring (bicyclic) bond motifs is 2. The minimum absolute atomic E-state index is 0.0793. The molecule has 0 aromatic rings. The van der Waals surface area contributed by atoms with Crippen LogP contribution in [0.25, 0.3) is 0 Å². The lowest BCUT2D eigenvalue weighted by Crippen LogP contribution is -2.51. The molecule has 2 bridgehead atoms. The van der Waals surface area contributed by atoms with Crippen LogP contribution in [-0.2, 0) is 0 Å². The standard InChI is InChI=1S/C11H19N/c1-9(2)8-5-6-10(9,3)11(4,12)7-8/h7H,5-6,12H2,1-4H3. The van der Waals surface area contributed by atoms with Crippen LogP contribution in [0.15, 0.2) is 11.6 Å². The molecule has 0 spiro atoms. The van der Waals surface area contributed by atoms with Crippen molar-refractivity contribution >= 4 is 0 Å². The Kier molecular flexibility index (Phi) is 1.24. The zero-order valence-electron chi connectivity index (χ0n) is 8.57. The molecule has 0 aliphatic heterocycles. The van der Waals surface area contributed by atoms with Crippen molar-refractivity contribution in [1.29, 1.82) is 0 Å². The SMILES string of the molecule is CC1(N)C=C2CCC1(C)C2(C)C. The Morgan fingerprint density at radius 1 is 1.25 bits per heavy atom. The zero-order chi connectivity index (χ0) is 9.20. The smallest absolute Gasteiger partial charge is 0.0376 e. The molecule has 1 fully saturated rings. The van der Waals surface area contributed by atoms with E-state index in [4.69, 9.17) is 5.73 Å². The quantitative estimate of drug-likeness (QED) is 0.548. The average Bonchev–Trinajstić information content (AvgIpc) is 2.18. The molecule has 2 aliphatic rings. The highest BCUT2D eigenvalue weighted by Gasteiger charge is 2.60. The third kappa shape index (κ3) is 0.610. The lowest BCUT2D eigenvalue weighted by atomic mass is 9.63. The van der Waals surface area contributed by atoms with Crippen LogP contribution in [0, 0.1) is 10.8 Å². The van der Waals surface area contributed by atoms with Crippen molar-refractivity contribution in [2.24, 2.45) is 16.6 Å². The Bertz CT molecular complexity index is 260. The molecule has 2 N–H and O–H groups in total. The summed E-state index contributed by atoms with van der Waals surface area (Å²) in [5.41, 5.74) is 8.41. The summed E-state index contributed by atoms with van der Waals surface area (Å²) in [6.07, 6.45) is 4.83. The maximum atomic E-state index is 6.30. The third-order valence-electron chi connectivity index (χ3n) is 4.74. The molecule has 0 aromatic heterocycles. The van der Waals surface area contributed by atoms with Crippen LogP contribution in [0.1, 0.15) is 40.5 Å². The van der Waals surface area contributed by atoms with Crippen LogP contribution in [0.4, 0.5) is 0 Å². The summed E-state index contributed by atoms with van der Waals surface area (Å²) >= 11 is 0. The maximum Gasteiger partial charge on any atom is 0.0376 e. The van der Waals surface area contributed by atoms with Gasteiger partial charge in [-0.3, -0.25) is 0 Å². The molecule has 12 heavy (non-hydrogen) atoms. The first kappa shape index (κ1) is 8.31. The number of hydrogen-bond donors (Lipinski definition) is 1. The topological polar surface area (TPSA) is 26.0 Å². The van der Waals surface area contributed by atoms with Crippen LogP contribution in [-0.4, -0.2) is 5.54 Å². The van der Waals surface area contributed by atoms with E-state index in [2.05, 4.69) is 33.8 Å². The predicted molar refractivity (Wildman–Crippen MR) is 51.8 cm³/mol. The lowest BCUT2D eigenvalue weighted by molar-refractivity contribution is 0.106. The summed E-state index contributed by atoms with van der Waals surface area (Å²) in [5, 5.41) is 0. The van der Waals surface area contributed by atoms with E-state index in [1.807, 2.05) is 0 Å². The third-order valence-corrected chi connectivity index (χ3v) is 4.74. The highest BCUT2D eigenvalue weighted by atomic mass is 14.8. The normalized spacial score (nSPS) is 49.6. The van der Waals surface area contributed by atoms with Crippen LogP contribution >= 0.6 is 0 Å². The summed E-state index contributed by atoms with van der Waals surface area (Å²) in [7, 11) is 0. The fourth-order valence-electron chi connectivity index (χ4n) is 3.08. The van der Waals surface area contributed by atoms with Gasteiger partial charge in [-0.25, -0.2) is 0 Å². The van der Waals surface area contributed by atoms with Crippen LogP contribution in [0.2, 0.25) is 0 Å². The number of rotatable bonds is 0. The molecular weight excluding hydrogens is 146 g/mol. The van der Waals surface area contributed by atoms with E-state index in [0.717, 1.165) is 0 Å².